The number of aliphatic hydroxyl groups is 2. The maximum atomic E-state index is 13.2. The SMILES string of the molecule is CC[C@@H]1C[C@H]2[C@@H]3CCC4=CC(=O)C=C[C@]4(C)[C@H]3[C@@H](O)C[C@]2(C)[C@@]1(O)C(=O)COC(C)=O. The predicted molar refractivity (Wildman–Crippen MR) is 114 cm³/mol. The van der Waals surface area contributed by atoms with Gasteiger partial charge in [0.1, 0.15) is 5.60 Å². The summed E-state index contributed by atoms with van der Waals surface area (Å²) in [5, 5.41) is 23.3. The molecule has 6 heteroatoms. The third-order valence-electron chi connectivity index (χ3n) is 9.21. The Morgan fingerprint density at radius 3 is 2.65 bits per heavy atom. The van der Waals surface area contributed by atoms with Crippen LogP contribution in [0.2, 0.25) is 0 Å². The number of rotatable bonds is 4. The second-order valence-electron chi connectivity index (χ2n) is 10.5. The number of ketones is 2. The highest BCUT2D eigenvalue weighted by Crippen LogP contribution is 2.68. The van der Waals surface area contributed by atoms with Crippen LogP contribution in [0.15, 0.2) is 23.8 Å². The molecule has 3 fully saturated rings. The number of carbonyl (C=O) groups is 3. The number of hydrogen-bond donors (Lipinski definition) is 2. The molecule has 31 heavy (non-hydrogen) atoms. The van der Waals surface area contributed by atoms with Gasteiger partial charge in [0.05, 0.1) is 6.10 Å². The standard InChI is InChI=1S/C25H34O6/c1-5-15-11-19-18-7-6-16-10-17(27)8-9-23(16,3)22(18)20(28)12-24(19,4)25(15,30)21(29)13-31-14(2)26/h8-10,15,18-20,22,28,30H,5-7,11-13H2,1-4H3/t15-,18+,19+,20+,22-,23+,24+,25+/m1/s1. The van der Waals surface area contributed by atoms with Crippen molar-refractivity contribution < 1.29 is 29.3 Å². The highest BCUT2D eigenvalue weighted by atomic mass is 16.5. The molecule has 0 unspecified atom stereocenters. The molecule has 0 heterocycles. The van der Waals surface area contributed by atoms with Crippen molar-refractivity contribution in [2.45, 2.75) is 71.5 Å². The van der Waals surface area contributed by atoms with Crippen molar-refractivity contribution in [1.29, 1.82) is 0 Å². The lowest BCUT2D eigenvalue weighted by Gasteiger charge is -2.59. The van der Waals surface area contributed by atoms with Crippen molar-refractivity contribution in [2.24, 2.45) is 34.5 Å². The minimum absolute atomic E-state index is 0.00146. The zero-order valence-corrected chi connectivity index (χ0v) is 18.9. The molecule has 4 rings (SSSR count). The van der Waals surface area contributed by atoms with Crippen LogP contribution in [0.25, 0.3) is 0 Å². The largest absolute Gasteiger partial charge is 0.458 e. The van der Waals surface area contributed by atoms with Gasteiger partial charge in [-0.25, -0.2) is 0 Å². The first-order chi connectivity index (χ1) is 14.5. The van der Waals surface area contributed by atoms with Crippen molar-refractivity contribution >= 4 is 17.5 Å². The lowest BCUT2D eigenvalue weighted by molar-refractivity contribution is -0.186. The van der Waals surface area contributed by atoms with Crippen LogP contribution in [0.3, 0.4) is 0 Å². The fourth-order valence-electron chi connectivity index (χ4n) is 7.77. The lowest BCUT2D eigenvalue weighted by Crippen LogP contribution is -2.63. The van der Waals surface area contributed by atoms with Gasteiger partial charge in [0.15, 0.2) is 12.4 Å². The summed E-state index contributed by atoms with van der Waals surface area (Å²) in [7, 11) is 0. The molecule has 2 N–H and O–H groups in total. The van der Waals surface area contributed by atoms with Gasteiger partial charge in [-0.15, -0.1) is 0 Å². The molecule has 0 spiro atoms. The molecule has 0 bridgehead atoms. The number of esters is 1. The molecule has 4 aliphatic rings. The molecule has 0 saturated heterocycles. The monoisotopic (exact) mass is 430 g/mol. The van der Waals surface area contributed by atoms with Crippen LogP contribution >= 0.6 is 0 Å². The molecule has 0 aromatic carbocycles. The average molecular weight is 431 g/mol. The molecule has 6 nitrogen and oxygen atoms in total. The Hall–Kier alpha value is -1.79. The van der Waals surface area contributed by atoms with E-state index in [1.165, 1.54) is 6.92 Å². The second kappa shape index (κ2) is 7.38. The van der Waals surface area contributed by atoms with Crippen molar-refractivity contribution in [3.63, 3.8) is 0 Å². The van der Waals surface area contributed by atoms with Gasteiger partial charge < -0.3 is 14.9 Å². The maximum Gasteiger partial charge on any atom is 0.303 e. The Morgan fingerprint density at radius 1 is 1.29 bits per heavy atom. The van der Waals surface area contributed by atoms with E-state index in [0.29, 0.717) is 19.3 Å². The molecule has 0 aromatic heterocycles. The fraction of sp³-hybridized carbons (Fsp3) is 0.720. The lowest BCUT2D eigenvalue weighted by atomic mass is 9.46. The van der Waals surface area contributed by atoms with Crippen molar-refractivity contribution in [1.82, 2.24) is 0 Å². The summed E-state index contributed by atoms with van der Waals surface area (Å²) in [5.41, 5.74) is -1.74. The third-order valence-corrected chi connectivity index (χ3v) is 9.21. The number of fused-ring (bicyclic) bond motifs is 5. The molecule has 0 amide bonds. The zero-order valence-electron chi connectivity index (χ0n) is 18.9. The Kier molecular flexibility index (Phi) is 5.33. The molecule has 4 aliphatic carbocycles. The van der Waals surface area contributed by atoms with E-state index in [1.54, 1.807) is 12.2 Å². The van der Waals surface area contributed by atoms with Crippen LogP contribution in [-0.4, -0.2) is 46.1 Å². The Morgan fingerprint density at radius 2 is 2.00 bits per heavy atom. The molecule has 170 valence electrons. The summed E-state index contributed by atoms with van der Waals surface area (Å²) in [6, 6.07) is 0. The number of ether oxygens (including phenoxy) is 1. The molecule has 0 radical (unpaired) electrons. The van der Waals surface area contributed by atoms with E-state index < -0.39 is 35.5 Å². The first kappa shape index (κ1) is 22.4. The van der Waals surface area contributed by atoms with E-state index in [1.807, 2.05) is 19.9 Å². The first-order valence-electron chi connectivity index (χ1n) is 11.5. The van der Waals surface area contributed by atoms with Crippen LogP contribution in [0.5, 0.6) is 0 Å². The van der Waals surface area contributed by atoms with E-state index in [2.05, 4.69) is 6.92 Å². The van der Waals surface area contributed by atoms with Gasteiger partial charge in [-0.3, -0.25) is 14.4 Å². The number of carbonyl (C=O) groups excluding carboxylic acids is 3. The molecule has 0 aromatic rings. The quantitative estimate of drug-likeness (QED) is 0.665. The minimum Gasteiger partial charge on any atom is -0.458 e. The van der Waals surface area contributed by atoms with E-state index >= 15 is 0 Å². The number of Topliss-reactive ketones (excluding diaryl/α,β-unsaturated/α-hetero) is 1. The summed E-state index contributed by atoms with van der Waals surface area (Å²) in [4.78, 5) is 36.5. The number of hydrogen-bond acceptors (Lipinski definition) is 6. The summed E-state index contributed by atoms with van der Waals surface area (Å²) in [6.07, 6.45) is 7.84. The Balaban J connectivity index is 1.73. The molecular formula is C25H34O6. The van der Waals surface area contributed by atoms with Gasteiger partial charge in [-0.1, -0.05) is 38.8 Å². The van der Waals surface area contributed by atoms with Crippen LogP contribution in [0, 0.1) is 34.5 Å². The van der Waals surface area contributed by atoms with Crippen molar-refractivity contribution in [2.75, 3.05) is 6.61 Å². The summed E-state index contributed by atoms with van der Waals surface area (Å²) in [5.74, 6) is -1.11. The van der Waals surface area contributed by atoms with Gasteiger partial charge >= 0.3 is 5.97 Å². The highest BCUT2D eigenvalue weighted by molar-refractivity contribution is 6.01. The summed E-state index contributed by atoms with van der Waals surface area (Å²) in [6.45, 7) is 6.83. The van der Waals surface area contributed by atoms with E-state index in [-0.39, 0.29) is 34.9 Å². The van der Waals surface area contributed by atoms with E-state index in [4.69, 9.17) is 4.74 Å². The summed E-state index contributed by atoms with van der Waals surface area (Å²) < 4.78 is 4.97. The van der Waals surface area contributed by atoms with Crippen molar-refractivity contribution in [3.8, 4) is 0 Å². The van der Waals surface area contributed by atoms with Gasteiger partial charge in [0.2, 0.25) is 5.78 Å². The zero-order chi connectivity index (χ0) is 22.8. The number of allylic oxidation sites excluding steroid dienone is 4. The van der Waals surface area contributed by atoms with Crippen LogP contribution in [0.1, 0.15) is 59.8 Å². The van der Waals surface area contributed by atoms with E-state index in [0.717, 1.165) is 18.4 Å². The molecule has 8 atom stereocenters. The van der Waals surface area contributed by atoms with Crippen LogP contribution in [0.4, 0.5) is 0 Å². The fourth-order valence-corrected chi connectivity index (χ4v) is 7.77. The summed E-state index contributed by atoms with van der Waals surface area (Å²) >= 11 is 0. The van der Waals surface area contributed by atoms with Crippen molar-refractivity contribution in [3.05, 3.63) is 23.8 Å². The normalized spacial score (nSPS) is 45.9. The highest BCUT2D eigenvalue weighted by Gasteiger charge is 2.71. The van der Waals surface area contributed by atoms with Gasteiger partial charge in [-0.05, 0) is 55.6 Å². The molecule has 0 aliphatic heterocycles. The van der Waals surface area contributed by atoms with Crippen LogP contribution < -0.4 is 0 Å². The molecular weight excluding hydrogens is 396 g/mol. The second-order valence-corrected chi connectivity index (χ2v) is 10.5. The third kappa shape index (κ3) is 3.01. The number of aliphatic hydroxyl groups excluding tert-OH is 1. The van der Waals surface area contributed by atoms with Gasteiger partial charge in [0.25, 0.3) is 0 Å². The van der Waals surface area contributed by atoms with Gasteiger partial charge in [-0.2, -0.15) is 0 Å². The predicted octanol–water partition coefficient (Wildman–Crippen LogP) is 2.76. The Bertz CT molecular complexity index is 873. The maximum absolute atomic E-state index is 13.2. The topological polar surface area (TPSA) is 101 Å². The smallest absolute Gasteiger partial charge is 0.303 e. The minimum atomic E-state index is -1.64. The first-order valence-corrected chi connectivity index (χ1v) is 11.5. The Labute approximate surface area is 183 Å². The molecule has 3 saturated carbocycles. The van der Waals surface area contributed by atoms with Gasteiger partial charge in [0, 0.05) is 23.7 Å². The van der Waals surface area contributed by atoms with E-state index in [9.17, 15) is 24.6 Å². The van der Waals surface area contributed by atoms with Crippen LogP contribution in [-0.2, 0) is 19.1 Å². The average Bonchev–Trinajstić information content (AvgIpc) is 2.94.